The molecule has 0 fully saturated rings. The highest BCUT2D eigenvalue weighted by atomic mass is 16.6. The number of carbonyl (C=O) groups is 2. The van der Waals surface area contributed by atoms with Crippen LogP contribution in [0.15, 0.2) is 73.1 Å². The first-order valence-corrected chi connectivity index (χ1v) is 9.84. The number of carbonyl (C=O) groups excluding carboxylic acids is 1. The van der Waals surface area contributed by atoms with Gasteiger partial charge in [0.1, 0.15) is 6.61 Å². The van der Waals surface area contributed by atoms with E-state index in [1.165, 1.54) is 4.90 Å². The highest BCUT2D eigenvalue weighted by molar-refractivity contribution is 5.79. The van der Waals surface area contributed by atoms with Crippen LogP contribution >= 0.6 is 0 Å². The third-order valence-corrected chi connectivity index (χ3v) is 5.31. The molecule has 30 heavy (non-hydrogen) atoms. The van der Waals surface area contributed by atoms with Crippen LogP contribution in [0.5, 0.6) is 0 Å². The van der Waals surface area contributed by atoms with E-state index in [1.807, 2.05) is 24.3 Å². The molecule has 1 aliphatic rings. The first kappa shape index (κ1) is 19.6. The van der Waals surface area contributed by atoms with Gasteiger partial charge < -0.3 is 14.7 Å². The van der Waals surface area contributed by atoms with Gasteiger partial charge in [-0.3, -0.25) is 9.78 Å². The zero-order chi connectivity index (χ0) is 20.9. The summed E-state index contributed by atoms with van der Waals surface area (Å²) in [6.45, 7) is 0.549. The highest BCUT2D eigenvalue weighted by Gasteiger charge is 2.29. The van der Waals surface area contributed by atoms with Crippen molar-refractivity contribution in [2.24, 2.45) is 0 Å². The zero-order valence-corrected chi connectivity index (χ0v) is 16.4. The molecule has 0 radical (unpaired) electrons. The van der Waals surface area contributed by atoms with E-state index in [0.717, 1.165) is 27.8 Å². The van der Waals surface area contributed by atoms with Crippen LogP contribution in [0.1, 0.15) is 29.0 Å². The Morgan fingerprint density at radius 1 is 0.933 bits per heavy atom. The Labute approximate surface area is 174 Å². The van der Waals surface area contributed by atoms with Crippen molar-refractivity contribution in [3.63, 3.8) is 0 Å². The summed E-state index contributed by atoms with van der Waals surface area (Å²) in [7, 11) is 0. The molecule has 0 bridgehead atoms. The van der Waals surface area contributed by atoms with Crippen LogP contribution in [0.25, 0.3) is 11.1 Å². The highest BCUT2D eigenvalue weighted by Crippen LogP contribution is 2.44. The average molecular weight is 402 g/mol. The van der Waals surface area contributed by atoms with E-state index in [-0.39, 0.29) is 32.0 Å². The number of carboxylic acids is 1. The van der Waals surface area contributed by atoms with E-state index < -0.39 is 12.1 Å². The first-order chi connectivity index (χ1) is 14.6. The molecule has 1 amide bonds. The lowest BCUT2D eigenvalue weighted by Gasteiger charge is -2.23. The SMILES string of the molecule is O=C(O)CCN(Cc1ccncc1)C(=O)OCC1c2ccccc2-c2ccccc21. The van der Waals surface area contributed by atoms with Gasteiger partial charge in [-0.15, -0.1) is 0 Å². The molecule has 0 spiro atoms. The molecule has 0 saturated heterocycles. The number of hydrogen-bond acceptors (Lipinski definition) is 4. The summed E-state index contributed by atoms with van der Waals surface area (Å²) >= 11 is 0. The number of fused-ring (bicyclic) bond motifs is 3. The first-order valence-electron chi connectivity index (χ1n) is 9.84. The van der Waals surface area contributed by atoms with E-state index in [9.17, 15) is 9.59 Å². The number of benzene rings is 2. The summed E-state index contributed by atoms with van der Waals surface area (Å²) in [5, 5.41) is 9.04. The van der Waals surface area contributed by atoms with Gasteiger partial charge in [0.15, 0.2) is 0 Å². The minimum atomic E-state index is -0.957. The second kappa shape index (κ2) is 8.78. The molecule has 3 aromatic rings. The van der Waals surface area contributed by atoms with Gasteiger partial charge in [0.25, 0.3) is 0 Å². The molecule has 6 nitrogen and oxygen atoms in total. The Balaban J connectivity index is 1.49. The van der Waals surface area contributed by atoms with Gasteiger partial charge in [0.2, 0.25) is 0 Å². The third kappa shape index (κ3) is 4.17. The summed E-state index contributed by atoms with van der Waals surface area (Å²) in [6, 6.07) is 19.9. The lowest BCUT2D eigenvalue weighted by molar-refractivity contribution is -0.137. The van der Waals surface area contributed by atoms with Gasteiger partial charge >= 0.3 is 12.1 Å². The van der Waals surface area contributed by atoms with Crippen molar-refractivity contribution < 1.29 is 19.4 Å². The lowest BCUT2D eigenvalue weighted by Crippen LogP contribution is -2.34. The molecular formula is C24H22N2O4. The summed E-state index contributed by atoms with van der Waals surface area (Å²) in [6.07, 6.45) is 2.62. The standard InChI is InChI=1S/C24H22N2O4/c27-23(28)11-14-26(15-17-9-12-25-13-10-17)24(29)30-16-22-20-7-3-1-5-18(20)19-6-2-4-8-21(19)22/h1-10,12-13,22H,11,14-16H2,(H,27,28). The summed E-state index contributed by atoms with van der Waals surface area (Å²) in [4.78, 5) is 29.3. The molecule has 1 heterocycles. The zero-order valence-electron chi connectivity index (χ0n) is 16.4. The Morgan fingerprint density at radius 3 is 2.13 bits per heavy atom. The van der Waals surface area contributed by atoms with E-state index in [4.69, 9.17) is 9.84 Å². The predicted octanol–water partition coefficient (Wildman–Crippen LogP) is 4.31. The number of rotatable bonds is 7. The largest absolute Gasteiger partial charge is 0.481 e. The molecule has 6 heteroatoms. The molecule has 0 aliphatic heterocycles. The van der Waals surface area contributed by atoms with Crippen LogP contribution in [0.4, 0.5) is 4.79 Å². The Bertz CT molecular complexity index is 1010. The minimum Gasteiger partial charge on any atom is -0.481 e. The lowest BCUT2D eigenvalue weighted by atomic mass is 9.98. The van der Waals surface area contributed by atoms with Crippen molar-refractivity contribution in [2.45, 2.75) is 18.9 Å². The number of aliphatic carboxylic acids is 1. The fourth-order valence-corrected chi connectivity index (χ4v) is 3.86. The molecule has 152 valence electrons. The number of carboxylic acid groups (broad SMARTS) is 1. The van der Waals surface area contributed by atoms with Gasteiger partial charge in [-0.1, -0.05) is 48.5 Å². The van der Waals surface area contributed by atoms with Crippen molar-refractivity contribution in [3.05, 3.63) is 89.7 Å². The molecule has 4 rings (SSSR count). The fourth-order valence-electron chi connectivity index (χ4n) is 3.86. The van der Waals surface area contributed by atoms with Crippen molar-refractivity contribution in [1.29, 1.82) is 0 Å². The second-order valence-corrected chi connectivity index (χ2v) is 7.22. The van der Waals surface area contributed by atoms with Crippen LogP contribution in [0, 0.1) is 0 Å². The molecule has 0 saturated carbocycles. The number of aromatic nitrogens is 1. The van der Waals surface area contributed by atoms with Crippen molar-refractivity contribution in [2.75, 3.05) is 13.2 Å². The van der Waals surface area contributed by atoms with Gasteiger partial charge in [-0.05, 0) is 39.9 Å². The number of hydrogen-bond donors (Lipinski definition) is 1. The second-order valence-electron chi connectivity index (χ2n) is 7.22. The maximum absolute atomic E-state index is 12.8. The van der Waals surface area contributed by atoms with Gasteiger partial charge in [-0.25, -0.2) is 4.79 Å². The van der Waals surface area contributed by atoms with E-state index in [2.05, 4.69) is 29.2 Å². The fraction of sp³-hybridized carbons (Fsp3) is 0.208. The molecule has 0 unspecified atom stereocenters. The van der Waals surface area contributed by atoms with Crippen molar-refractivity contribution in [3.8, 4) is 11.1 Å². The third-order valence-electron chi connectivity index (χ3n) is 5.31. The Kier molecular flexibility index (Phi) is 5.75. The molecule has 0 atom stereocenters. The maximum atomic E-state index is 12.8. The topological polar surface area (TPSA) is 79.7 Å². The van der Waals surface area contributed by atoms with E-state index >= 15 is 0 Å². The van der Waals surface area contributed by atoms with Crippen LogP contribution < -0.4 is 0 Å². The molecule has 1 N–H and O–H groups in total. The summed E-state index contributed by atoms with van der Waals surface area (Å²) in [5.74, 6) is -0.996. The van der Waals surface area contributed by atoms with Crippen molar-refractivity contribution in [1.82, 2.24) is 9.88 Å². The van der Waals surface area contributed by atoms with Crippen LogP contribution in [0.2, 0.25) is 0 Å². The Morgan fingerprint density at radius 2 is 1.53 bits per heavy atom. The Hall–Kier alpha value is -3.67. The van der Waals surface area contributed by atoms with Crippen LogP contribution in [-0.4, -0.2) is 40.2 Å². The van der Waals surface area contributed by atoms with Gasteiger partial charge in [0.05, 0.1) is 6.42 Å². The van der Waals surface area contributed by atoms with Crippen LogP contribution in [-0.2, 0) is 16.1 Å². The van der Waals surface area contributed by atoms with Crippen molar-refractivity contribution >= 4 is 12.1 Å². The van der Waals surface area contributed by atoms with Crippen LogP contribution in [0.3, 0.4) is 0 Å². The molecule has 2 aromatic carbocycles. The summed E-state index contributed by atoms with van der Waals surface area (Å²) in [5.41, 5.74) is 5.46. The molecule has 1 aromatic heterocycles. The molecular weight excluding hydrogens is 380 g/mol. The van der Waals surface area contributed by atoms with Gasteiger partial charge in [0, 0.05) is 31.4 Å². The maximum Gasteiger partial charge on any atom is 0.410 e. The van der Waals surface area contributed by atoms with E-state index in [0.29, 0.717) is 0 Å². The number of ether oxygens (including phenoxy) is 1. The molecule has 1 aliphatic carbocycles. The van der Waals surface area contributed by atoms with Gasteiger partial charge in [-0.2, -0.15) is 0 Å². The monoisotopic (exact) mass is 402 g/mol. The smallest absolute Gasteiger partial charge is 0.410 e. The predicted molar refractivity (Wildman–Crippen MR) is 112 cm³/mol. The van der Waals surface area contributed by atoms with E-state index in [1.54, 1.807) is 24.5 Å². The number of amides is 1. The quantitative estimate of drug-likeness (QED) is 0.637. The summed E-state index contributed by atoms with van der Waals surface area (Å²) < 4.78 is 5.68. The number of pyridine rings is 1. The minimum absolute atomic E-state index is 0.0383. The number of nitrogens with zero attached hydrogens (tertiary/aromatic N) is 2. The average Bonchev–Trinajstić information content (AvgIpc) is 3.09. The normalized spacial score (nSPS) is 12.1.